The first-order valence-electron chi connectivity index (χ1n) is 9.15. The van der Waals surface area contributed by atoms with Gasteiger partial charge in [0.25, 0.3) is 0 Å². The number of thiazole rings is 1. The van der Waals surface area contributed by atoms with Crippen LogP contribution in [-0.4, -0.2) is 10.9 Å². The van der Waals surface area contributed by atoms with Gasteiger partial charge in [0.05, 0.1) is 10.1 Å². The second kappa shape index (κ2) is 4.81. The lowest BCUT2D eigenvalue weighted by molar-refractivity contribution is -0.165. The summed E-state index contributed by atoms with van der Waals surface area (Å²) in [4.78, 5) is 17.6. The van der Waals surface area contributed by atoms with Crippen molar-refractivity contribution in [3.05, 3.63) is 24.0 Å². The van der Waals surface area contributed by atoms with Gasteiger partial charge in [-0.1, -0.05) is 31.3 Å². The molecule has 3 nitrogen and oxygen atoms in total. The molecule has 0 spiro atoms. The van der Waals surface area contributed by atoms with E-state index in [1.54, 1.807) is 6.07 Å². The van der Waals surface area contributed by atoms with E-state index >= 15 is 0 Å². The third kappa shape index (κ3) is 2.35. The smallest absolute Gasteiger partial charge is 0.232 e. The zero-order valence-corrected chi connectivity index (χ0v) is 15.5. The van der Waals surface area contributed by atoms with Gasteiger partial charge in [-0.05, 0) is 67.4 Å². The molecule has 4 saturated carbocycles. The molecule has 0 radical (unpaired) electrons. The molecule has 1 N–H and O–H groups in total. The second-order valence-electron chi connectivity index (χ2n) is 9.47. The molecule has 4 aliphatic carbocycles. The van der Waals surface area contributed by atoms with E-state index < -0.39 is 0 Å². The van der Waals surface area contributed by atoms with E-state index in [1.165, 1.54) is 36.7 Å². The van der Waals surface area contributed by atoms with Gasteiger partial charge in [-0.3, -0.25) is 4.79 Å². The highest BCUT2D eigenvalue weighted by Gasteiger charge is 2.62. The van der Waals surface area contributed by atoms with Gasteiger partial charge in [0.1, 0.15) is 11.3 Å². The average molecular weight is 358 g/mol. The van der Waals surface area contributed by atoms with Crippen LogP contribution in [0.5, 0.6) is 0 Å². The van der Waals surface area contributed by atoms with Crippen LogP contribution in [0.3, 0.4) is 0 Å². The normalized spacial score (nSPS) is 39.1. The molecule has 2 unspecified atom stereocenters. The Hall–Kier alpha value is -1.49. The first kappa shape index (κ1) is 15.7. The summed E-state index contributed by atoms with van der Waals surface area (Å²) < 4.78 is 14.7. The highest BCUT2D eigenvalue weighted by molar-refractivity contribution is 7.22. The Labute approximate surface area is 151 Å². The van der Waals surface area contributed by atoms with Crippen LogP contribution in [0.15, 0.2) is 18.2 Å². The number of nitrogens with zero attached hydrogens (tertiary/aromatic N) is 1. The molecule has 4 bridgehead atoms. The number of rotatable bonds is 2. The topological polar surface area (TPSA) is 42.0 Å². The number of nitrogens with one attached hydrogen (secondary N) is 1. The number of hydrogen-bond acceptors (Lipinski definition) is 3. The van der Waals surface area contributed by atoms with E-state index in [1.807, 2.05) is 6.07 Å². The number of anilines is 1. The van der Waals surface area contributed by atoms with Crippen molar-refractivity contribution in [1.82, 2.24) is 4.98 Å². The summed E-state index contributed by atoms with van der Waals surface area (Å²) in [7, 11) is 0. The standard InChI is InChI=1S/C20H23FN2OS/c1-18-6-12-7-19(2,9-18)11-20(8-12,10-18)16(24)23-17-22-15-13(21)4-3-5-14(15)25-17/h3-5,12H,6-11H2,1-2H3,(H,22,23,24). The minimum atomic E-state index is -0.330. The molecule has 4 aliphatic rings. The van der Waals surface area contributed by atoms with Gasteiger partial charge in [0.2, 0.25) is 5.91 Å². The fraction of sp³-hybridized carbons (Fsp3) is 0.600. The number of aromatic nitrogens is 1. The highest BCUT2D eigenvalue weighted by atomic mass is 32.1. The number of hydrogen-bond donors (Lipinski definition) is 1. The van der Waals surface area contributed by atoms with Gasteiger partial charge < -0.3 is 5.32 Å². The Bertz CT molecular complexity index is 873. The molecule has 1 amide bonds. The van der Waals surface area contributed by atoms with Crippen molar-refractivity contribution in [1.29, 1.82) is 0 Å². The number of fused-ring (bicyclic) bond motifs is 1. The van der Waals surface area contributed by atoms with Crippen LogP contribution in [0.4, 0.5) is 9.52 Å². The van der Waals surface area contributed by atoms with Gasteiger partial charge in [-0.2, -0.15) is 0 Å². The summed E-state index contributed by atoms with van der Waals surface area (Å²) in [6.07, 6.45) is 6.75. The third-order valence-electron chi connectivity index (χ3n) is 6.70. The summed E-state index contributed by atoms with van der Waals surface area (Å²) in [6, 6.07) is 4.94. The molecule has 6 rings (SSSR count). The molecule has 1 aromatic carbocycles. The second-order valence-corrected chi connectivity index (χ2v) is 10.5. The van der Waals surface area contributed by atoms with Gasteiger partial charge in [-0.15, -0.1) is 0 Å². The molecule has 1 aromatic heterocycles. The van der Waals surface area contributed by atoms with Crippen molar-refractivity contribution in [2.45, 2.75) is 52.4 Å². The van der Waals surface area contributed by atoms with Crippen molar-refractivity contribution < 1.29 is 9.18 Å². The molecule has 1 heterocycles. The van der Waals surface area contributed by atoms with Crippen LogP contribution < -0.4 is 5.32 Å². The lowest BCUT2D eigenvalue weighted by Gasteiger charge is -2.64. The van der Waals surface area contributed by atoms with Crippen LogP contribution in [0, 0.1) is 28.0 Å². The lowest BCUT2D eigenvalue weighted by Crippen LogP contribution is -2.58. The summed E-state index contributed by atoms with van der Waals surface area (Å²) in [5, 5.41) is 3.58. The Morgan fingerprint density at radius 2 is 1.92 bits per heavy atom. The van der Waals surface area contributed by atoms with Crippen molar-refractivity contribution in [2.24, 2.45) is 22.2 Å². The first-order valence-corrected chi connectivity index (χ1v) is 9.97. The van der Waals surface area contributed by atoms with Crippen molar-refractivity contribution in [2.75, 3.05) is 5.32 Å². The summed E-state index contributed by atoms with van der Waals surface area (Å²) >= 11 is 1.36. The maximum absolute atomic E-state index is 13.9. The van der Waals surface area contributed by atoms with Gasteiger partial charge in [0.15, 0.2) is 5.13 Å². The fourth-order valence-corrected chi connectivity index (χ4v) is 7.77. The van der Waals surface area contributed by atoms with E-state index in [0.29, 0.717) is 27.4 Å². The maximum Gasteiger partial charge on any atom is 0.232 e. The van der Waals surface area contributed by atoms with Crippen LogP contribution in [0.25, 0.3) is 10.2 Å². The first-order chi connectivity index (χ1) is 11.8. The Kier molecular flexibility index (Phi) is 3.03. The summed E-state index contributed by atoms with van der Waals surface area (Å²) in [6.45, 7) is 4.73. The molecule has 25 heavy (non-hydrogen) atoms. The largest absolute Gasteiger partial charge is 0.301 e. The Morgan fingerprint density at radius 1 is 1.20 bits per heavy atom. The minimum absolute atomic E-state index is 0.105. The van der Waals surface area contributed by atoms with Crippen molar-refractivity contribution in [3.8, 4) is 0 Å². The molecular formula is C20H23FN2OS. The van der Waals surface area contributed by atoms with E-state index in [4.69, 9.17) is 0 Å². The number of halogens is 1. The van der Waals surface area contributed by atoms with Crippen molar-refractivity contribution in [3.63, 3.8) is 0 Å². The number of amides is 1. The highest BCUT2D eigenvalue weighted by Crippen LogP contribution is 2.69. The van der Waals surface area contributed by atoms with Crippen LogP contribution in [0.1, 0.15) is 52.4 Å². The quantitative estimate of drug-likeness (QED) is 0.784. The van der Waals surface area contributed by atoms with E-state index in [2.05, 4.69) is 24.1 Å². The molecule has 2 aromatic rings. The van der Waals surface area contributed by atoms with Crippen LogP contribution in [-0.2, 0) is 4.79 Å². The van der Waals surface area contributed by atoms with Crippen LogP contribution in [0.2, 0.25) is 0 Å². The SMILES string of the molecule is CC12CC3CC(C)(C1)CC(C(=O)Nc1nc4c(F)cccc4s1)(C3)C2. The maximum atomic E-state index is 13.9. The predicted molar refractivity (Wildman–Crippen MR) is 98.0 cm³/mol. The molecule has 4 fully saturated rings. The van der Waals surface area contributed by atoms with E-state index in [9.17, 15) is 9.18 Å². The van der Waals surface area contributed by atoms with Gasteiger partial charge in [-0.25, -0.2) is 9.37 Å². The van der Waals surface area contributed by atoms with Crippen molar-refractivity contribution >= 4 is 32.6 Å². The lowest BCUT2D eigenvalue weighted by atomic mass is 9.40. The van der Waals surface area contributed by atoms with E-state index in [0.717, 1.165) is 24.0 Å². The molecular weight excluding hydrogens is 335 g/mol. The Balaban J connectivity index is 1.46. The predicted octanol–water partition coefficient (Wildman–Crippen LogP) is 5.37. The third-order valence-corrected chi connectivity index (χ3v) is 7.63. The van der Waals surface area contributed by atoms with E-state index in [-0.39, 0.29) is 17.1 Å². The zero-order chi connectivity index (χ0) is 17.4. The monoisotopic (exact) mass is 358 g/mol. The molecule has 0 aliphatic heterocycles. The average Bonchev–Trinajstić information content (AvgIpc) is 2.87. The van der Waals surface area contributed by atoms with Crippen LogP contribution >= 0.6 is 11.3 Å². The number of carbonyl (C=O) groups is 1. The molecule has 132 valence electrons. The fourth-order valence-electron chi connectivity index (χ4n) is 6.90. The van der Waals surface area contributed by atoms with Gasteiger partial charge in [0, 0.05) is 0 Å². The summed E-state index contributed by atoms with van der Waals surface area (Å²) in [5.41, 5.74) is 0.683. The Morgan fingerprint density at radius 3 is 2.56 bits per heavy atom. The zero-order valence-electron chi connectivity index (χ0n) is 14.7. The number of benzene rings is 1. The summed E-state index contributed by atoms with van der Waals surface area (Å²) in [5.74, 6) is 0.447. The number of carbonyl (C=O) groups excluding carboxylic acids is 1. The number of para-hydroxylation sites is 1. The molecule has 2 atom stereocenters. The molecule has 0 saturated heterocycles. The molecule has 5 heteroatoms. The minimum Gasteiger partial charge on any atom is -0.301 e. The van der Waals surface area contributed by atoms with Gasteiger partial charge >= 0.3 is 0 Å².